The van der Waals surface area contributed by atoms with Crippen molar-refractivity contribution >= 4 is 0 Å². The summed E-state index contributed by atoms with van der Waals surface area (Å²) >= 11 is 0. The van der Waals surface area contributed by atoms with E-state index in [2.05, 4.69) is 29.4 Å². The lowest BCUT2D eigenvalue weighted by Crippen LogP contribution is -2.18. The van der Waals surface area contributed by atoms with Gasteiger partial charge in [0.1, 0.15) is 6.61 Å². The Balaban J connectivity index is 1.59. The molecule has 1 aromatic heterocycles. The maximum Gasteiger partial charge on any atom is 0.213 e. The first-order valence-electron chi connectivity index (χ1n) is 7.81. The van der Waals surface area contributed by atoms with Gasteiger partial charge in [-0.05, 0) is 43.7 Å². The van der Waals surface area contributed by atoms with Gasteiger partial charge in [0, 0.05) is 31.0 Å². The number of nitrogens with one attached hydrogen (secondary N) is 1. The monoisotopic (exact) mass is 276 g/mol. The number of aromatic nitrogens is 1. The lowest BCUT2D eigenvalue weighted by Gasteiger charge is -2.13. The van der Waals surface area contributed by atoms with Crippen LogP contribution in [0.4, 0.5) is 0 Å². The molecule has 4 nitrogen and oxygen atoms in total. The molecule has 2 aliphatic rings. The van der Waals surface area contributed by atoms with Crippen molar-refractivity contribution < 1.29 is 9.47 Å². The Morgan fingerprint density at radius 2 is 2.25 bits per heavy atom. The van der Waals surface area contributed by atoms with Crippen molar-refractivity contribution in [3.8, 4) is 5.88 Å². The van der Waals surface area contributed by atoms with Gasteiger partial charge in [0.15, 0.2) is 0 Å². The second-order valence-corrected chi connectivity index (χ2v) is 5.76. The van der Waals surface area contributed by atoms with Crippen molar-refractivity contribution in [2.75, 3.05) is 13.2 Å². The predicted octanol–water partition coefficient (Wildman–Crippen LogP) is 2.45. The Morgan fingerprint density at radius 1 is 1.35 bits per heavy atom. The normalized spacial score (nSPS) is 22.1. The largest absolute Gasteiger partial charge is 0.475 e. The predicted molar refractivity (Wildman–Crippen MR) is 77.9 cm³/mol. The maximum absolute atomic E-state index is 5.83. The molecule has 1 saturated heterocycles. The molecular weight excluding hydrogens is 252 g/mol. The van der Waals surface area contributed by atoms with Crippen LogP contribution in [-0.4, -0.2) is 30.3 Å². The van der Waals surface area contributed by atoms with E-state index in [0.29, 0.717) is 6.61 Å². The highest BCUT2D eigenvalue weighted by molar-refractivity contribution is 5.25. The van der Waals surface area contributed by atoms with Crippen LogP contribution in [0.5, 0.6) is 5.88 Å². The molecular formula is C16H24N2O2. The molecule has 110 valence electrons. The van der Waals surface area contributed by atoms with E-state index >= 15 is 0 Å². The molecule has 20 heavy (non-hydrogen) atoms. The second-order valence-electron chi connectivity index (χ2n) is 5.76. The van der Waals surface area contributed by atoms with E-state index in [-0.39, 0.29) is 6.10 Å². The molecule has 0 aromatic carbocycles. The van der Waals surface area contributed by atoms with Crippen molar-refractivity contribution in [1.82, 2.24) is 10.3 Å². The van der Waals surface area contributed by atoms with Gasteiger partial charge < -0.3 is 14.8 Å². The van der Waals surface area contributed by atoms with E-state index in [1.54, 1.807) is 0 Å². The van der Waals surface area contributed by atoms with Gasteiger partial charge in [-0.1, -0.05) is 6.92 Å². The molecule has 0 bridgehead atoms. The van der Waals surface area contributed by atoms with Crippen LogP contribution in [0.2, 0.25) is 0 Å². The number of rotatable bonds is 7. The Morgan fingerprint density at radius 3 is 2.95 bits per heavy atom. The van der Waals surface area contributed by atoms with Crippen molar-refractivity contribution in [1.29, 1.82) is 0 Å². The Hall–Kier alpha value is -1.13. The van der Waals surface area contributed by atoms with E-state index in [4.69, 9.17) is 9.47 Å². The third kappa shape index (κ3) is 3.93. The summed E-state index contributed by atoms with van der Waals surface area (Å²) in [5.41, 5.74) is 2.37. The molecule has 1 aliphatic carbocycles. The summed E-state index contributed by atoms with van der Waals surface area (Å²) in [5, 5.41) is 3.54. The minimum Gasteiger partial charge on any atom is -0.475 e. The summed E-state index contributed by atoms with van der Waals surface area (Å²) in [6, 6.07) is 4.96. The Labute approximate surface area is 120 Å². The molecule has 1 aromatic rings. The fraction of sp³-hybridized carbons (Fsp3) is 0.688. The Bertz CT molecular complexity index is 440. The summed E-state index contributed by atoms with van der Waals surface area (Å²) in [4.78, 5) is 4.55. The van der Waals surface area contributed by atoms with Crippen LogP contribution in [0.25, 0.3) is 0 Å². The fourth-order valence-electron chi connectivity index (χ4n) is 2.48. The van der Waals surface area contributed by atoms with E-state index in [1.807, 2.05) is 0 Å². The number of nitrogens with zero attached hydrogens (tertiary/aromatic N) is 1. The fourth-order valence-corrected chi connectivity index (χ4v) is 2.48. The summed E-state index contributed by atoms with van der Waals surface area (Å²) in [7, 11) is 0. The molecule has 0 radical (unpaired) electrons. The van der Waals surface area contributed by atoms with Crippen LogP contribution >= 0.6 is 0 Å². The summed E-state index contributed by atoms with van der Waals surface area (Å²) < 4.78 is 11.4. The molecule has 2 heterocycles. The van der Waals surface area contributed by atoms with Gasteiger partial charge in [-0.25, -0.2) is 4.98 Å². The highest BCUT2D eigenvalue weighted by Crippen LogP contribution is 2.21. The zero-order valence-corrected chi connectivity index (χ0v) is 12.2. The molecule has 1 unspecified atom stereocenters. The Kier molecular flexibility index (Phi) is 4.53. The summed E-state index contributed by atoms with van der Waals surface area (Å²) in [5.74, 6) is 0.743. The number of hydrogen-bond acceptors (Lipinski definition) is 4. The van der Waals surface area contributed by atoms with Crippen LogP contribution in [-0.2, 0) is 17.7 Å². The zero-order valence-electron chi connectivity index (χ0n) is 12.2. The van der Waals surface area contributed by atoms with E-state index in [0.717, 1.165) is 50.0 Å². The lowest BCUT2D eigenvalue weighted by molar-refractivity contribution is 0.0662. The summed E-state index contributed by atoms with van der Waals surface area (Å²) in [6.45, 7) is 4.53. The van der Waals surface area contributed by atoms with E-state index in [9.17, 15) is 0 Å². The van der Waals surface area contributed by atoms with Crippen molar-refractivity contribution in [3.05, 3.63) is 23.4 Å². The SMILES string of the molecule is CCc1cc(CNC2CC2)cc(OCC2CCCO2)n1. The molecule has 1 aliphatic heterocycles. The molecule has 3 rings (SSSR count). The number of hydrogen-bond donors (Lipinski definition) is 1. The summed E-state index contributed by atoms with van der Waals surface area (Å²) in [6.07, 6.45) is 6.06. The minimum atomic E-state index is 0.245. The van der Waals surface area contributed by atoms with Crippen LogP contribution in [0.15, 0.2) is 12.1 Å². The highest BCUT2D eigenvalue weighted by atomic mass is 16.5. The molecule has 0 spiro atoms. The van der Waals surface area contributed by atoms with Crippen molar-refractivity contribution in [2.24, 2.45) is 0 Å². The van der Waals surface area contributed by atoms with Crippen molar-refractivity contribution in [3.63, 3.8) is 0 Å². The highest BCUT2D eigenvalue weighted by Gasteiger charge is 2.20. The molecule has 1 N–H and O–H groups in total. The van der Waals surface area contributed by atoms with Gasteiger partial charge >= 0.3 is 0 Å². The minimum absolute atomic E-state index is 0.245. The van der Waals surface area contributed by atoms with Crippen LogP contribution in [0.1, 0.15) is 43.9 Å². The first kappa shape index (κ1) is 13.8. The average Bonchev–Trinajstić information content (AvgIpc) is 3.16. The quantitative estimate of drug-likeness (QED) is 0.831. The van der Waals surface area contributed by atoms with Crippen LogP contribution in [0, 0.1) is 0 Å². The number of aryl methyl sites for hydroxylation is 1. The average molecular weight is 276 g/mol. The molecule has 1 atom stereocenters. The van der Waals surface area contributed by atoms with Gasteiger partial charge in [-0.2, -0.15) is 0 Å². The topological polar surface area (TPSA) is 43.4 Å². The lowest BCUT2D eigenvalue weighted by atomic mass is 10.2. The third-order valence-electron chi connectivity index (χ3n) is 3.89. The van der Waals surface area contributed by atoms with E-state index < -0.39 is 0 Å². The zero-order chi connectivity index (χ0) is 13.8. The van der Waals surface area contributed by atoms with Gasteiger partial charge in [-0.15, -0.1) is 0 Å². The smallest absolute Gasteiger partial charge is 0.213 e. The van der Waals surface area contributed by atoms with Gasteiger partial charge in [0.2, 0.25) is 5.88 Å². The second kappa shape index (κ2) is 6.55. The van der Waals surface area contributed by atoms with Crippen molar-refractivity contribution in [2.45, 2.75) is 57.7 Å². The first-order chi connectivity index (χ1) is 9.83. The standard InChI is InChI=1S/C16H24N2O2/c1-2-13-8-12(10-17-14-5-6-14)9-16(18-13)20-11-15-4-3-7-19-15/h8-9,14-15,17H,2-7,10-11H2,1H3. The van der Waals surface area contributed by atoms with Gasteiger partial charge in [0.05, 0.1) is 6.10 Å². The molecule has 0 amide bonds. The van der Waals surface area contributed by atoms with Gasteiger partial charge in [-0.3, -0.25) is 0 Å². The number of pyridine rings is 1. The molecule has 4 heteroatoms. The van der Waals surface area contributed by atoms with E-state index in [1.165, 1.54) is 18.4 Å². The molecule has 2 fully saturated rings. The van der Waals surface area contributed by atoms with Crippen LogP contribution < -0.4 is 10.1 Å². The third-order valence-corrected chi connectivity index (χ3v) is 3.89. The molecule has 1 saturated carbocycles. The maximum atomic E-state index is 5.83. The first-order valence-corrected chi connectivity index (χ1v) is 7.81. The van der Waals surface area contributed by atoms with Crippen LogP contribution in [0.3, 0.4) is 0 Å². The van der Waals surface area contributed by atoms with Gasteiger partial charge in [0.25, 0.3) is 0 Å². The number of ether oxygens (including phenoxy) is 2.